The van der Waals surface area contributed by atoms with Crippen molar-refractivity contribution in [2.45, 2.75) is 12.8 Å². The number of hydrogen-bond acceptors (Lipinski definition) is 4. The highest BCUT2D eigenvalue weighted by atomic mass is 32.2. The fourth-order valence-electron chi connectivity index (χ4n) is 2.57. The molecule has 1 atom stereocenters. The van der Waals surface area contributed by atoms with Gasteiger partial charge in [-0.15, -0.1) is 0 Å². The van der Waals surface area contributed by atoms with Crippen molar-refractivity contribution >= 4 is 26.8 Å². The average molecular weight is 307 g/mol. The second kappa shape index (κ2) is 5.48. The van der Waals surface area contributed by atoms with Gasteiger partial charge < -0.3 is 10.3 Å². The Balaban J connectivity index is 1.53. The number of hydrogen-bond donors (Lipinski definition) is 2. The standard InChI is InChI=1S/C14H17N3O3S/c18-14(10-6-8-21(19,20)9-10)15-7-5-13-16-11-3-1-2-4-12(11)17-13/h1-4,10H,5-9H2,(H,15,18)(H,16,17)/t10-/m0/s1. The average Bonchev–Trinajstić information content (AvgIpc) is 3.01. The van der Waals surface area contributed by atoms with Crippen LogP contribution < -0.4 is 5.32 Å². The molecule has 0 radical (unpaired) electrons. The van der Waals surface area contributed by atoms with E-state index in [-0.39, 0.29) is 17.4 Å². The fraction of sp³-hybridized carbons (Fsp3) is 0.429. The van der Waals surface area contributed by atoms with Crippen molar-refractivity contribution in [2.75, 3.05) is 18.1 Å². The first-order valence-corrected chi connectivity index (χ1v) is 8.77. The molecule has 1 aromatic heterocycles. The van der Waals surface area contributed by atoms with Crippen LogP contribution in [0.5, 0.6) is 0 Å². The molecule has 6 nitrogen and oxygen atoms in total. The summed E-state index contributed by atoms with van der Waals surface area (Å²) >= 11 is 0. The minimum Gasteiger partial charge on any atom is -0.355 e. The van der Waals surface area contributed by atoms with Gasteiger partial charge in [0.25, 0.3) is 0 Å². The number of imidazole rings is 1. The van der Waals surface area contributed by atoms with Crippen LogP contribution in [-0.2, 0) is 21.1 Å². The number of para-hydroxylation sites is 2. The zero-order chi connectivity index (χ0) is 14.9. The van der Waals surface area contributed by atoms with Crippen molar-refractivity contribution in [3.8, 4) is 0 Å². The van der Waals surface area contributed by atoms with Crippen LogP contribution in [0.1, 0.15) is 12.2 Å². The smallest absolute Gasteiger partial charge is 0.224 e. The molecule has 3 rings (SSSR count). The van der Waals surface area contributed by atoms with Crippen LogP contribution in [0.25, 0.3) is 11.0 Å². The summed E-state index contributed by atoms with van der Waals surface area (Å²) in [5.74, 6) is 0.339. The molecule has 0 spiro atoms. The van der Waals surface area contributed by atoms with Crippen LogP contribution >= 0.6 is 0 Å². The van der Waals surface area contributed by atoms with Crippen molar-refractivity contribution in [2.24, 2.45) is 5.92 Å². The summed E-state index contributed by atoms with van der Waals surface area (Å²) in [5, 5.41) is 2.79. The van der Waals surface area contributed by atoms with Crippen LogP contribution in [0, 0.1) is 5.92 Å². The van der Waals surface area contributed by atoms with E-state index in [0.717, 1.165) is 16.9 Å². The fourth-order valence-corrected chi connectivity index (χ4v) is 4.32. The lowest BCUT2D eigenvalue weighted by atomic mass is 10.1. The lowest BCUT2D eigenvalue weighted by Gasteiger charge is -2.08. The number of amides is 1. The topological polar surface area (TPSA) is 91.9 Å². The van der Waals surface area contributed by atoms with Crippen LogP contribution in [0.3, 0.4) is 0 Å². The molecule has 2 N–H and O–H groups in total. The minimum atomic E-state index is -3.01. The van der Waals surface area contributed by atoms with Gasteiger partial charge in [0.05, 0.1) is 28.5 Å². The highest BCUT2D eigenvalue weighted by Crippen LogP contribution is 2.18. The molecule has 0 unspecified atom stereocenters. The molecule has 1 amide bonds. The number of sulfone groups is 1. The molecular weight excluding hydrogens is 290 g/mol. The first kappa shape index (κ1) is 14.1. The van der Waals surface area contributed by atoms with E-state index in [4.69, 9.17) is 0 Å². The van der Waals surface area contributed by atoms with Gasteiger partial charge in [-0.05, 0) is 18.6 Å². The molecule has 0 saturated carbocycles. The van der Waals surface area contributed by atoms with Crippen LogP contribution in [0.15, 0.2) is 24.3 Å². The van der Waals surface area contributed by atoms with E-state index in [1.54, 1.807) is 0 Å². The lowest BCUT2D eigenvalue weighted by Crippen LogP contribution is -2.32. The second-order valence-electron chi connectivity index (χ2n) is 5.34. The van der Waals surface area contributed by atoms with Crippen LogP contribution in [0.2, 0.25) is 0 Å². The van der Waals surface area contributed by atoms with Crippen LogP contribution in [-0.4, -0.2) is 42.3 Å². The summed E-state index contributed by atoms with van der Waals surface area (Å²) < 4.78 is 22.7. The van der Waals surface area contributed by atoms with Crippen molar-refractivity contribution in [3.63, 3.8) is 0 Å². The number of carbonyl (C=O) groups is 1. The van der Waals surface area contributed by atoms with E-state index in [9.17, 15) is 13.2 Å². The summed E-state index contributed by atoms with van der Waals surface area (Å²) in [7, 11) is -3.01. The van der Waals surface area contributed by atoms with Gasteiger partial charge in [0.2, 0.25) is 5.91 Å². The van der Waals surface area contributed by atoms with Gasteiger partial charge in [-0.1, -0.05) is 12.1 Å². The largest absolute Gasteiger partial charge is 0.355 e. The van der Waals surface area contributed by atoms with Gasteiger partial charge >= 0.3 is 0 Å². The van der Waals surface area contributed by atoms with Gasteiger partial charge in [-0.25, -0.2) is 13.4 Å². The molecule has 112 valence electrons. The molecule has 2 aromatic rings. The van der Waals surface area contributed by atoms with Crippen molar-refractivity contribution < 1.29 is 13.2 Å². The molecule has 1 aliphatic rings. The second-order valence-corrected chi connectivity index (χ2v) is 7.57. The number of benzene rings is 1. The van der Waals surface area contributed by atoms with E-state index in [2.05, 4.69) is 15.3 Å². The van der Waals surface area contributed by atoms with Crippen molar-refractivity contribution in [3.05, 3.63) is 30.1 Å². The summed E-state index contributed by atoms with van der Waals surface area (Å²) in [6.07, 6.45) is 1.03. The Hall–Kier alpha value is -1.89. The molecule has 0 aliphatic carbocycles. The Kier molecular flexibility index (Phi) is 3.67. The zero-order valence-corrected chi connectivity index (χ0v) is 12.3. The highest BCUT2D eigenvalue weighted by Gasteiger charge is 2.32. The van der Waals surface area contributed by atoms with E-state index in [1.165, 1.54) is 0 Å². The number of aromatic nitrogens is 2. The minimum absolute atomic E-state index is 0.0243. The summed E-state index contributed by atoms with van der Waals surface area (Å²) in [5.41, 5.74) is 1.88. The Morgan fingerprint density at radius 3 is 2.90 bits per heavy atom. The number of nitrogens with one attached hydrogen (secondary N) is 2. The highest BCUT2D eigenvalue weighted by molar-refractivity contribution is 7.91. The first-order valence-electron chi connectivity index (χ1n) is 6.95. The molecule has 2 heterocycles. The molecular formula is C14H17N3O3S. The van der Waals surface area contributed by atoms with Gasteiger partial charge in [-0.2, -0.15) is 0 Å². The lowest BCUT2D eigenvalue weighted by molar-refractivity contribution is -0.124. The number of aromatic amines is 1. The van der Waals surface area contributed by atoms with Gasteiger partial charge in [0, 0.05) is 13.0 Å². The van der Waals surface area contributed by atoms with E-state index in [1.807, 2.05) is 24.3 Å². The summed E-state index contributed by atoms with van der Waals surface area (Å²) in [6, 6.07) is 7.74. The Bertz CT molecular complexity index is 734. The SMILES string of the molecule is O=C(NCCc1nc2ccccc2[nH]1)[C@H]1CCS(=O)(=O)C1. The third-order valence-electron chi connectivity index (χ3n) is 3.70. The third kappa shape index (κ3) is 3.24. The number of H-pyrrole nitrogens is 1. The van der Waals surface area contributed by atoms with Gasteiger partial charge in [0.15, 0.2) is 9.84 Å². The molecule has 1 aliphatic heterocycles. The van der Waals surface area contributed by atoms with Crippen LogP contribution in [0.4, 0.5) is 0 Å². The maximum atomic E-state index is 11.9. The molecule has 1 fully saturated rings. The Labute approximate surface area is 122 Å². The number of fused-ring (bicyclic) bond motifs is 1. The maximum Gasteiger partial charge on any atom is 0.224 e. The monoisotopic (exact) mass is 307 g/mol. The Morgan fingerprint density at radius 1 is 1.38 bits per heavy atom. The first-order chi connectivity index (χ1) is 10.0. The number of rotatable bonds is 4. The third-order valence-corrected chi connectivity index (χ3v) is 5.47. The van der Waals surface area contributed by atoms with Gasteiger partial charge in [0.1, 0.15) is 5.82 Å². The molecule has 0 bridgehead atoms. The normalized spacial score (nSPS) is 20.7. The molecule has 21 heavy (non-hydrogen) atoms. The number of nitrogens with zero attached hydrogens (tertiary/aromatic N) is 1. The van der Waals surface area contributed by atoms with Gasteiger partial charge in [-0.3, -0.25) is 4.79 Å². The summed E-state index contributed by atoms with van der Waals surface area (Å²) in [6.45, 7) is 0.454. The quantitative estimate of drug-likeness (QED) is 0.868. The molecule has 1 aromatic carbocycles. The van der Waals surface area contributed by atoms with E-state index in [0.29, 0.717) is 19.4 Å². The summed E-state index contributed by atoms with van der Waals surface area (Å²) in [4.78, 5) is 19.5. The zero-order valence-electron chi connectivity index (χ0n) is 11.5. The van der Waals surface area contributed by atoms with Crippen molar-refractivity contribution in [1.82, 2.24) is 15.3 Å². The maximum absolute atomic E-state index is 11.9. The molecule has 1 saturated heterocycles. The predicted octanol–water partition coefficient (Wildman–Crippen LogP) is 0.656. The number of carbonyl (C=O) groups excluding carboxylic acids is 1. The predicted molar refractivity (Wildman–Crippen MR) is 79.6 cm³/mol. The Morgan fingerprint density at radius 2 is 2.19 bits per heavy atom. The van der Waals surface area contributed by atoms with E-state index >= 15 is 0 Å². The molecule has 7 heteroatoms. The van der Waals surface area contributed by atoms with E-state index < -0.39 is 15.8 Å². The van der Waals surface area contributed by atoms with Crippen molar-refractivity contribution in [1.29, 1.82) is 0 Å².